The van der Waals surface area contributed by atoms with E-state index in [1.165, 1.54) is 22.2 Å². The van der Waals surface area contributed by atoms with Crippen molar-refractivity contribution in [2.75, 3.05) is 5.73 Å². The topological polar surface area (TPSA) is 59.6 Å². The first kappa shape index (κ1) is 12.0. The molecule has 0 aliphatic heterocycles. The molecular formula is C17H16N4. The third-order valence-corrected chi connectivity index (χ3v) is 4.27. The monoisotopic (exact) mass is 276 g/mol. The van der Waals surface area contributed by atoms with Gasteiger partial charge < -0.3 is 10.3 Å². The number of para-hydroxylation sites is 2. The van der Waals surface area contributed by atoms with Crippen molar-refractivity contribution in [3.05, 3.63) is 48.2 Å². The summed E-state index contributed by atoms with van der Waals surface area (Å²) in [6.45, 7) is 2.13. The molecule has 0 aliphatic rings. The average Bonchev–Trinajstić information content (AvgIpc) is 3.02. The van der Waals surface area contributed by atoms with E-state index < -0.39 is 0 Å². The summed E-state index contributed by atoms with van der Waals surface area (Å²) >= 11 is 0. The molecule has 21 heavy (non-hydrogen) atoms. The number of benzene rings is 2. The SMILES string of the molecule is Cc1c(-c2n[nH]c3c(N)cccc23)c2ccccc2n1C. The van der Waals surface area contributed by atoms with E-state index in [1.807, 2.05) is 12.1 Å². The molecule has 2 aromatic heterocycles. The molecule has 4 heteroatoms. The molecule has 4 nitrogen and oxygen atoms in total. The van der Waals surface area contributed by atoms with Crippen LogP contribution in [0.5, 0.6) is 0 Å². The molecule has 4 rings (SSSR count). The minimum absolute atomic E-state index is 0.726. The minimum Gasteiger partial charge on any atom is -0.397 e. The van der Waals surface area contributed by atoms with Crippen molar-refractivity contribution in [2.24, 2.45) is 7.05 Å². The lowest BCUT2D eigenvalue weighted by Gasteiger charge is -2.00. The van der Waals surface area contributed by atoms with Crippen LogP contribution in [0.15, 0.2) is 42.5 Å². The predicted molar refractivity (Wildman–Crippen MR) is 87.2 cm³/mol. The van der Waals surface area contributed by atoms with Gasteiger partial charge in [-0.15, -0.1) is 0 Å². The third kappa shape index (κ3) is 1.53. The van der Waals surface area contributed by atoms with Gasteiger partial charge in [0, 0.05) is 34.6 Å². The maximum Gasteiger partial charge on any atom is 0.102 e. The van der Waals surface area contributed by atoms with Gasteiger partial charge in [0.2, 0.25) is 0 Å². The maximum absolute atomic E-state index is 6.03. The normalized spacial score (nSPS) is 11.5. The van der Waals surface area contributed by atoms with Crippen LogP contribution < -0.4 is 5.73 Å². The quantitative estimate of drug-likeness (QED) is 0.522. The number of fused-ring (bicyclic) bond motifs is 2. The van der Waals surface area contributed by atoms with Crippen LogP contribution in [0.2, 0.25) is 0 Å². The summed E-state index contributed by atoms with van der Waals surface area (Å²) in [5, 5.41) is 9.88. The molecule has 104 valence electrons. The molecular weight excluding hydrogens is 260 g/mol. The van der Waals surface area contributed by atoms with E-state index in [0.29, 0.717) is 0 Å². The number of aryl methyl sites for hydroxylation is 1. The Morgan fingerprint density at radius 1 is 1.05 bits per heavy atom. The molecule has 0 saturated heterocycles. The van der Waals surface area contributed by atoms with Gasteiger partial charge in [-0.3, -0.25) is 5.10 Å². The Balaban J connectivity index is 2.15. The minimum atomic E-state index is 0.726. The van der Waals surface area contributed by atoms with Gasteiger partial charge in [-0.2, -0.15) is 5.10 Å². The van der Waals surface area contributed by atoms with Gasteiger partial charge in [0.05, 0.1) is 11.2 Å². The molecule has 0 atom stereocenters. The Bertz CT molecular complexity index is 975. The van der Waals surface area contributed by atoms with Crippen molar-refractivity contribution in [3.63, 3.8) is 0 Å². The van der Waals surface area contributed by atoms with E-state index in [9.17, 15) is 0 Å². The maximum atomic E-state index is 6.03. The molecule has 0 spiro atoms. The highest BCUT2D eigenvalue weighted by Gasteiger charge is 2.18. The Morgan fingerprint density at radius 2 is 1.81 bits per heavy atom. The summed E-state index contributed by atoms with van der Waals surface area (Å²) in [6, 6.07) is 14.3. The van der Waals surface area contributed by atoms with Gasteiger partial charge in [0.15, 0.2) is 0 Å². The number of rotatable bonds is 1. The van der Waals surface area contributed by atoms with Crippen molar-refractivity contribution in [2.45, 2.75) is 6.92 Å². The fraction of sp³-hybridized carbons (Fsp3) is 0.118. The molecule has 2 heterocycles. The van der Waals surface area contributed by atoms with Crippen LogP contribution in [0.1, 0.15) is 5.69 Å². The summed E-state index contributed by atoms with van der Waals surface area (Å²) in [6.07, 6.45) is 0. The Hall–Kier alpha value is -2.75. The number of hydrogen-bond acceptors (Lipinski definition) is 2. The fourth-order valence-electron chi connectivity index (χ4n) is 3.07. The number of aromatic nitrogens is 3. The lowest BCUT2D eigenvalue weighted by atomic mass is 10.0. The Kier molecular flexibility index (Phi) is 2.36. The number of nitrogens with zero attached hydrogens (tertiary/aromatic N) is 2. The summed E-state index contributed by atoms with van der Waals surface area (Å²) in [5.74, 6) is 0. The van der Waals surface area contributed by atoms with E-state index in [2.05, 4.69) is 59.1 Å². The van der Waals surface area contributed by atoms with Crippen molar-refractivity contribution in [3.8, 4) is 11.3 Å². The molecule has 2 aromatic carbocycles. The zero-order valence-electron chi connectivity index (χ0n) is 12.0. The van der Waals surface area contributed by atoms with Gasteiger partial charge in [-0.05, 0) is 19.1 Å². The first-order valence-corrected chi connectivity index (χ1v) is 6.95. The Labute approximate surface area is 122 Å². The highest BCUT2D eigenvalue weighted by atomic mass is 15.1. The standard InChI is InChI=1S/C17H16N4/c1-10-15(11-6-3-4-9-14(11)21(10)2)17-12-7-5-8-13(18)16(12)19-20-17/h3-9H,18H2,1-2H3,(H,19,20). The first-order valence-electron chi connectivity index (χ1n) is 6.95. The van der Waals surface area contributed by atoms with Gasteiger partial charge in [-0.1, -0.05) is 30.3 Å². The van der Waals surface area contributed by atoms with Crippen LogP contribution in [-0.4, -0.2) is 14.8 Å². The number of aromatic amines is 1. The second-order valence-corrected chi connectivity index (χ2v) is 5.38. The van der Waals surface area contributed by atoms with Crippen molar-refractivity contribution in [1.82, 2.24) is 14.8 Å². The molecule has 0 fully saturated rings. The number of nitrogens with two attached hydrogens (primary N) is 1. The number of nitrogens with one attached hydrogen (secondary N) is 1. The molecule has 0 radical (unpaired) electrons. The van der Waals surface area contributed by atoms with Crippen LogP contribution in [0, 0.1) is 6.92 Å². The lowest BCUT2D eigenvalue weighted by molar-refractivity contribution is 0.918. The van der Waals surface area contributed by atoms with Gasteiger partial charge >= 0.3 is 0 Å². The van der Waals surface area contributed by atoms with Crippen LogP contribution in [0.25, 0.3) is 33.1 Å². The molecule has 0 saturated carbocycles. The second-order valence-electron chi connectivity index (χ2n) is 5.38. The molecule has 0 aliphatic carbocycles. The largest absolute Gasteiger partial charge is 0.397 e. The molecule has 0 bridgehead atoms. The van der Waals surface area contributed by atoms with Crippen LogP contribution in [0.4, 0.5) is 5.69 Å². The van der Waals surface area contributed by atoms with E-state index in [4.69, 9.17) is 5.73 Å². The zero-order chi connectivity index (χ0) is 14.6. The van der Waals surface area contributed by atoms with Crippen LogP contribution in [0.3, 0.4) is 0 Å². The summed E-state index contributed by atoms with van der Waals surface area (Å²) in [5.41, 5.74) is 12.2. The van der Waals surface area contributed by atoms with Gasteiger partial charge in [0.1, 0.15) is 5.69 Å². The van der Waals surface area contributed by atoms with Crippen molar-refractivity contribution < 1.29 is 0 Å². The summed E-state index contributed by atoms with van der Waals surface area (Å²) in [7, 11) is 2.09. The average molecular weight is 276 g/mol. The number of anilines is 1. The van der Waals surface area contributed by atoms with Crippen LogP contribution >= 0.6 is 0 Å². The lowest BCUT2D eigenvalue weighted by Crippen LogP contribution is -1.90. The highest BCUT2D eigenvalue weighted by Crippen LogP contribution is 2.37. The van der Waals surface area contributed by atoms with E-state index >= 15 is 0 Å². The number of nitrogen functional groups attached to an aromatic ring is 1. The van der Waals surface area contributed by atoms with E-state index in [1.54, 1.807) is 0 Å². The number of H-pyrrole nitrogens is 1. The van der Waals surface area contributed by atoms with Crippen molar-refractivity contribution in [1.29, 1.82) is 0 Å². The van der Waals surface area contributed by atoms with E-state index in [-0.39, 0.29) is 0 Å². The summed E-state index contributed by atoms with van der Waals surface area (Å²) in [4.78, 5) is 0. The molecule has 0 amide bonds. The fourth-order valence-corrected chi connectivity index (χ4v) is 3.07. The predicted octanol–water partition coefficient (Wildman–Crippen LogP) is 3.61. The summed E-state index contributed by atoms with van der Waals surface area (Å²) < 4.78 is 2.21. The van der Waals surface area contributed by atoms with Gasteiger partial charge in [-0.25, -0.2) is 0 Å². The third-order valence-electron chi connectivity index (χ3n) is 4.27. The zero-order valence-corrected chi connectivity index (χ0v) is 12.0. The highest BCUT2D eigenvalue weighted by molar-refractivity contribution is 6.06. The molecule has 3 N–H and O–H groups in total. The second kappa shape index (κ2) is 4.12. The van der Waals surface area contributed by atoms with Crippen LogP contribution in [-0.2, 0) is 7.05 Å². The van der Waals surface area contributed by atoms with E-state index in [0.717, 1.165) is 22.3 Å². The smallest absolute Gasteiger partial charge is 0.102 e. The Morgan fingerprint density at radius 3 is 2.67 bits per heavy atom. The number of hydrogen-bond donors (Lipinski definition) is 2. The molecule has 0 unspecified atom stereocenters. The molecule has 4 aromatic rings. The van der Waals surface area contributed by atoms with Gasteiger partial charge in [0.25, 0.3) is 0 Å². The first-order chi connectivity index (χ1) is 10.2. The van der Waals surface area contributed by atoms with Crippen molar-refractivity contribution >= 4 is 27.5 Å².